The maximum Gasteiger partial charge on any atom is 0.253 e. The monoisotopic (exact) mass is 388 g/mol. The standard InChI is InChI=1S/C17H17BrN4O2/c18-13-3-1-12(2-4-13)17(24)22-9-7-21(8-10-22)15-5-6-20-11-14(15)16(19)23/h1-6,11H,7-10H2,(H2,19,23). The Balaban J connectivity index is 1.69. The Labute approximate surface area is 148 Å². The van der Waals surface area contributed by atoms with E-state index in [-0.39, 0.29) is 5.91 Å². The van der Waals surface area contributed by atoms with Gasteiger partial charge in [-0.25, -0.2) is 0 Å². The summed E-state index contributed by atoms with van der Waals surface area (Å²) in [6, 6.07) is 9.13. The molecule has 1 aliphatic rings. The Morgan fingerprint density at radius 3 is 2.33 bits per heavy atom. The van der Waals surface area contributed by atoms with Crippen LogP contribution in [0.2, 0.25) is 0 Å². The molecule has 1 aromatic heterocycles. The van der Waals surface area contributed by atoms with Gasteiger partial charge in [-0.2, -0.15) is 0 Å². The normalized spacial score (nSPS) is 14.5. The molecule has 1 saturated heterocycles. The number of rotatable bonds is 3. The highest BCUT2D eigenvalue weighted by atomic mass is 79.9. The van der Waals surface area contributed by atoms with Crippen LogP contribution in [-0.4, -0.2) is 47.9 Å². The summed E-state index contributed by atoms with van der Waals surface area (Å²) < 4.78 is 0.945. The molecule has 7 heteroatoms. The van der Waals surface area contributed by atoms with Gasteiger partial charge in [-0.15, -0.1) is 0 Å². The summed E-state index contributed by atoms with van der Waals surface area (Å²) in [4.78, 5) is 31.9. The van der Waals surface area contributed by atoms with Crippen molar-refractivity contribution in [3.63, 3.8) is 0 Å². The minimum absolute atomic E-state index is 0.0204. The average molecular weight is 389 g/mol. The molecule has 0 radical (unpaired) electrons. The molecule has 0 unspecified atom stereocenters. The first-order valence-electron chi connectivity index (χ1n) is 7.60. The zero-order valence-corrected chi connectivity index (χ0v) is 14.6. The fraction of sp³-hybridized carbons (Fsp3) is 0.235. The highest BCUT2D eigenvalue weighted by Gasteiger charge is 2.24. The molecule has 6 nitrogen and oxygen atoms in total. The van der Waals surface area contributed by atoms with Crippen molar-refractivity contribution in [2.75, 3.05) is 31.1 Å². The lowest BCUT2D eigenvalue weighted by Crippen LogP contribution is -2.49. The van der Waals surface area contributed by atoms with E-state index >= 15 is 0 Å². The molecule has 2 N–H and O–H groups in total. The number of piperazine rings is 1. The minimum Gasteiger partial charge on any atom is -0.367 e. The Kier molecular flexibility index (Phi) is 4.80. The van der Waals surface area contributed by atoms with Gasteiger partial charge in [0.2, 0.25) is 0 Å². The fourth-order valence-corrected chi connectivity index (χ4v) is 3.04. The number of primary amides is 1. The van der Waals surface area contributed by atoms with Gasteiger partial charge in [-0.3, -0.25) is 14.6 Å². The minimum atomic E-state index is -0.494. The van der Waals surface area contributed by atoms with Crippen molar-refractivity contribution in [2.24, 2.45) is 5.73 Å². The number of hydrogen-bond acceptors (Lipinski definition) is 4. The molecule has 1 fully saturated rings. The topological polar surface area (TPSA) is 79.5 Å². The molecule has 124 valence electrons. The van der Waals surface area contributed by atoms with Gasteiger partial charge in [0.15, 0.2) is 0 Å². The molecular formula is C17H17BrN4O2. The van der Waals surface area contributed by atoms with Crippen molar-refractivity contribution < 1.29 is 9.59 Å². The van der Waals surface area contributed by atoms with Crippen LogP contribution in [0.15, 0.2) is 47.2 Å². The molecule has 1 aliphatic heterocycles. The van der Waals surface area contributed by atoms with E-state index in [1.165, 1.54) is 6.20 Å². The third-order valence-electron chi connectivity index (χ3n) is 4.06. The van der Waals surface area contributed by atoms with Crippen molar-refractivity contribution in [3.8, 4) is 0 Å². The number of anilines is 1. The summed E-state index contributed by atoms with van der Waals surface area (Å²) in [5.41, 5.74) is 7.26. The molecule has 0 bridgehead atoms. The van der Waals surface area contributed by atoms with Gasteiger partial charge in [0, 0.05) is 48.6 Å². The number of amides is 2. The number of hydrogen-bond donors (Lipinski definition) is 1. The molecule has 2 heterocycles. The van der Waals surface area contributed by atoms with Gasteiger partial charge in [-0.1, -0.05) is 15.9 Å². The van der Waals surface area contributed by atoms with Crippen molar-refractivity contribution in [3.05, 3.63) is 58.3 Å². The van der Waals surface area contributed by atoms with Gasteiger partial charge in [0.1, 0.15) is 0 Å². The van der Waals surface area contributed by atoms with Crippen LogP contribution in [0.1, 0.15) is 20.7 Å². The van der Waals surface area contributed by atoms with Crippen LogP contribution in [0, 0.1) is 0 Å². The Morgan fingerprint density at radius 1 is 1.04 bits per heavy atom. The third-order valence-corrected chi connectivity index (χ3v) is 4.59. The first-order chi connectivity index (χ1) is 11.6. The smallest absolute Gasteiger partial charge is 0.253 e. The Hall–Kier alpha value is -2.41. The molecule has 0 spiro atoms. The van der Waals surface area contributed by atoms with Crippen LogP contribution in [-0.2, 0) is 0 Å². The quantitative estimate of drug-likeness (QED) is 0.870. The van der Waals surface area contributed by atoms with E-state index in [4.69, 9.17) is 5.73 Å². The summed E-state index contributed by atoms with van der Waals surface area (Å²) in [7, 11) is 0. The van der Waals surface area contributed by atoms with Gasteiger partial charge in [-0.05, 0) is 30.3 Å². The van der Waals surface area contributed by atoms with Crippen molar-refractivity contribution in [2.45, 2.75) is 0 Å². The maximum absolute atomic E-state index is 12.5. The number of halogens is 1. The first-order valence-corrected chi connectivity index (χ1v) is 8.39. The van der Waals surface area contributed by atoms with E-state index in [1.54, 1.807) is 12.3 Å². The van der Waals surface area contributed by atoms with Gasteiger partial charge < -0.3 is 15.5 Å². The van der Waals surface area contributed by atoms with Crippen molar-refractivity contribution >= 4 is 33.4 Å². The summed E-state index contributed by atoms with van der Waals surface area (Å²) in [5.74, 6) is -0.474. The molecule has 24 heavy (non-hydrogen) atoms. The lowest BCUT2D eigenvalue weighted by atomic mass is 10.1. The van der Waals surface area contributed by atoms with E-state index < -0.39 is 5.91 Å². The van der Waals surface area contributed by atoms with E-state index in [0.29, 0.717) is 37.3 Å². The average Bonchev–Trinajstić information content (AvgIpc) is 2.62. The highest BCUT2D eigenvalue weighted by Crippen LogP contribution is 2.21. The molecule has 1 aromatic carbocycles. The summed E-state index contributed by atoms with van der Waals surface area (Å²) in [6.07, 6.45) is 3.12. The largest absolute Gasteiger partial charge is 0.367 e. The molecule has 2 aromatic rings. The van der Waals surface area contributed by atoms with E-state index in [0.717, 1.165) is 10.2 Å². The molecule has 0 aliphatic carbocycles. The second kappa shape index (κ2) is 7.00. The van der Waals surface area contributed by atoms with Crippen LogP contribution in [0.5, 0.6) is 0 Å². The summed E-state index contributed by atoms with van der Waals surface area (Å²) in [6.45, 7) is 2.48. The van der Waals surface area contributed by atoms with Gasteiger partial charge in [0.05, 0.1) is 11.3 Å². The molecular weight excluding hydrogens is 372 g/mol. The molecule has 0 atom stereocenters. The van der Waals surface area contributed by atoms with Crippen molar-refractivity contribution in [1.82, 2.24) is 9.88 Å². The van der Waals surface area contributed by atoms with Crippen LogP contribution in [0.3, 0.4) is 0 Å². The highest BCUT2D eigenvalue weighted by molar-refractivity contribution is 9.10. The Morgan fingerprint density at radius 2 is 1.71 bits per heavy atom. The van der Waals surface area contributed by atoms with Crippen LogP contribution >= 0.6 is 15.9 Å². The van der Waals surface area contributed by atoms with E-state index in [1.807, 2.05) is 29.2 Å². The van der Waals surface area contributed by atoms with E-state index in [2.05, 4.69) is 25.8 Å². The number of pyridine rings is 1. The zero-order valence-electron chi connectivity index (χ0n) is 13.0. The molecule has 0 saturated carbocycles. The second-order valence-corrected chi connectivity index (χ2v) is 6.46. The number of carbonyl (C=O) groups is 2. The lowest BCUT2D eigenvalue weighted by Gasteiger charge is -2.36. The summed E-state index contributed by atoms with van der Waals surface area (Å²) in [5, 5.41) is 0. The predicted octanol–water partition coefficient (Wildman–Crippen LogP) is 1.91. The van der Waals surface area contributed by atoms with Crippen LogP contribution in [0.25, 0.3) is 0 Å². The maximum atomic E-state index is 12.5. The number of aromatic nitrogens is 1. The van der Waals surface area contributed by atoms with Crippen LogP contribution < -0.4 is 10.6 Å². The fourth-order valence-electron chi connectivity index (χ4n) is 2.78. The van der Waals surface area contributed by atoms with E-state index in [9.17, 15) is 9.59 Å². The third kappa shape index (κ3) is 3.41. The first kappa shape index (κ1) is 16.4. The number of nitrogens with zero attached hydrogens (tertiary/aromatic N) is 3. The molecule has 2 amide bonds. The van der Waals surface area contributed by atoms with Crippen LogP contribution in [0.4, 0.5) is 5.69 Å². The number of benzene rings is 1. The number of nitrogens with two attached hydrogens (primary N) is 1. The summed E-state index contributed by atoms with van der Waals surface area (Å²) >= 11 is 3.37. The van der Waals surface area contributed by atoms with Gasteiger partial charge >= 0.3 is 0 Å². The second-order valence-electron chi connectivity index (χ2n) is 5.54. The number of carbonyl (C=O) groups excluding carboxylic acids is 2. The molecule has 3 rings (SSSR count). The lowest BCUT2D eigenvalue weighted by molar-refractivity contribution is 0.0746. The SMILES string of the molecule is NC(=O)c1cnccc1N1CCN(C(=O)c2ccc(Br)cc2)CC1. The zero-order chi connectivity index (χ0) is 17.1. The Bertz CT molecular complexity index is 755. The van der Waals surface area contributed by atoms with Crippen molar-refractivity contribution in [1.29, 1.82) is 0 Å². The predicted molar refractivity (Wildman–Crippen MR) is 95.0 cm³/mol. The van der Waals surface area contributed by atoms with Gasteiger partial charge in [0.25, 0.3) is 11.8 Å².